The normalized spacial score (nSPS) is 12.0. The van der Waals surface area contributed by atoms with Gasteiger partial charge in [0.05, 0.1) is 5.69 Å². The van der Waals surface area contributed by atoms with Crippen LogP contribution in [0.3, 0.4) is 0 Å². The maximum absolute atomic E-state index is 9.94. The standard InChI is InChI=1S/C18H22N2O/c1-12-6-8-15(13(2)10-12)19-20-16-11-14(18(3,4)5)7-9-17(16)21/h6-11,21H,1-5H3. The minimum atomic E-state index is 0.0117. The molecular weight excluding hydrogens is 260 g/mol. The summed E-state index contributed by atoms with van der Waals surface area (Å²) in [6.07, 6.45) is 0. The molecule has 2 aromatic rings. The van der Waals surface area contributed by atoms with E-state index in [4.69, 9.17) is 0 Å². The van der Waals surface area contributed by atoms with Gasteiger partial charge in [0.1, 0.15) is 11.4 Å². The molecule has 0 aliphatic rings. The summed E-state index contributed by atoms with van der Waals surface area (Å²) in [5.74, 6) is 0.150. The van der Waals surface area contributed by atoms with Gasteiger partial charge in [0, 0.05) is 0 Å². The molecule has 0 aromatic heterocycles. The van der Waals surface area contributed by atoms with E-state index in [1.165, 1.54) is 5.56 Å². The second kappa shape index (κ2) is 5.68. The van der Waals surface area contributed by atoms with Crippen molar-refractivity contribution in [3.05, 3.63) is 53.1 Å². The molecule has 0 aliphatic heterocycles. The Kier molecular flexibility index (Phi) is 4.12. The number of hydrogen-bond donors (Lipinski definition) is 1. The predicted molar refractivity (Wildman–Crippen MR) is 86.9 cm³/mol. The van der Waals surface area contributed by atoms with Crippen molar-refractivity contribution in [2.75, 3.05) is 0 Å². The highest BCUT2D eigenvalue weighted by Crippen LogP contribution is 2.34. The molecule has 0 bridgehead atoms. The summed E-state index contributed by atoms with van der Waals surface area (Å²) in [4.78, 5) is 0. The van der Waals surface area contributed by atoms with Gasteiger partial charge in [0.15, 0.2) is 0 Å². The molecule has 110 valence electrons. The van der Waals surface area contributed by atoms with E-state index < -0.39 is 0 Å². The van der Waals surface area contributed by atoms with Crippen molar-refractivity contribution in [2.45, 2.75) is 40.0 Å². The lowest BCUT2D eigenvalue weighted by molar-refractivity contribution is 0.475. The third-order valence-corrected chi connectivity index (χ3v) is 3.46. The molecule has 3 nitrogen and oxygen atoms in total. The summed E-state index contributed by atoms with van der Waals surface area (Å²) in [5.41, 5.74) is 4.73. The predicted octanol–water partition coefficient (Wildman–Crippen LogP) is 5.72. The number of aromatic hydroxyl groups is 1. The maximum Gasteiger partial charge on any atom is 0.143 e. The minimum Gasteiger partial charge on any atom is -0.506 e. The number of aryl methyl sites for hydroxylation is 2. The van der Waals surface area contributed by atoms with Crippen LogP contribution in [0.2, 0.25) is 0 Å². The molecule has 0 saturated heterocycles. The average molecular weight is 282 g/mol. The highest BCUT2D eigenvalue weighted by Gasteiger charge is 2.15. The van der Waals surface area contributed by atoms with Crippen LogP contribution in [-0.2, 0) is 5.41 Å². The van der Waals surface area contributed by atoms with E-state index in [-0.39, 0.29) is 11.2 Å². The van der Waals surface area contributed by atoms with Crippen LogP contribution in [0.4, 0.5) is 11.4 Å². The molecule has 0 amide bonds. The lowest BCUT2D eigenvalue weighted by Crippen LogP contribution is -2.10. The van der Waals surface area contributed by atoms with E-state index in [0.29, 0.717) is 5.69 Å². The second-order valence-electron chi connectivity index (χ2n) is 6.44. The van der Waals surface area contributed by atoms with Gasteiger partial charge in [-0.25, -0.2) is 0 Å². The number of azo groups is 1. The van der Waals surface area contributed by atoms with E-state index in [9.17, 15) is 5.11 Å². The van der Waals surface area contributed by atoms with E-state index in [1.807, 2.05) is 38.1 Å². The Morgan fingerprint density at radius 2 is 1.52 bits per heavy atom. The van der Waals surface area contributed by atoms with Crippen molar-refractivity contribution in [3.63, 3.8) is 0 Å². The van der Waals surface area contributed by atoms with Crippen LogP contribution in [0.5, 0.6) is 5.75 Å². The maximum atomic E-state index is 9.94. The minimum absolute atomic E-state index is 0.0117. The van der Waals surface area contributed by atoms with E-state index in [2.05, 4.69) is 37.1 Å². The third kappa shape index (κ3) is 3.69. The molecule has 0 heterocycles. The Morgan fingerprint density at radius 3 is 2.14 bits per heavy atom. The fourth-order valence-corrected chi connectivity index (χ4v) is 2.10. The van der Waals surface area contributed by atoms with Crippen LogP contribution in [0.25, 0.3) is 0 Å². The third-order valence-electron chi connectivity index (χ3n) is 3.46. The Morgan fingerprint density at radius 1 is 0.857 bits per heavy atom. The Balaban J connectivity index is 2.36. The molecule has 0 atom stereocenters. The van der Waals surface area contributed by atoms with Crippen LogP contribution in [0.1, 0.15) is 37.5 Å². The molecule has 0 aliphatic carbocycles. The number of rotatable bonds is 2. The summed E-state index contributed by atoms with van der Waals surface area (Å²) in [7, 11) is 0. The first-order valence-corrected chi connectivity index (χ1v) is 7.10. The van der Waals surface area contributed by atoms with Crippen LogP contribution in [-0.4, -0.2) is 5.11 Å². The highest BCUT2D eigenvalue weighted by molar-refractivity contribution is 5.54. The van der Waals surface area contributed by atoms with Crippen LogP contribution in [0.15, 0.2) is 46.6 Å². The van der Waals surface area contributed by atoms with Crippen molar-refractivity contribution in [1.82, 2.24) is 0 Å². The molecular formula is C18H22N2O. The Labute approximate surface area is 126 Å². The number of nitrogens with zero attached hydrogens (tertiary/aromatic N) is 2. The molecule has 0 fully saturated rings. The lowest BCUT2D eigenvalue weighted by Gasteiger charge is -2.19. The molecule has 0 radical (unpaired) electrons. The number of phenols is 1. The molecule has 2 aromatic carbocycles. The summed E-state index contributed by atoms with van der Waals surface area (Å²) in [6.45, 7) is 10.4. The fourth-order valence-electron chi connectivity index (χ4n) is 2.10. The van der Waals surface area contributed by atoms with Gasteiger partial charge in [-0.05, 0) is 48.6 Å². The molecule has 3 heteroatoms. The Hall–Kier alpha value is -2.16. The van der Waals surface area contributed by atoms with Gasteiger partial charge in [-0.15, -0.1) is 5.11 Å². The zero-order valence-electron chi connectivity index (χ0n) is 13.3. The van der Waals surface area contributed by atoms with E-state index in [0.717, 1.165) is 16.8 Å². The van der Waals surface area contributed by atoms with Crippen molar-refractivity contribution in [3.8, 4) is 5.75 Å². The molecule has 0 saturated carbocycles. The Bertz CT molecular complexity index is 682. The highest BCUT2D eigenvalue weighted by atomic mass is 16.3. The smallest absolute Gasteiger partial charge is 0.143 e. The first-order valence-electron chi connectivity index (χ1n) is 7.10. The molecule has 0 unspecified atom stereocenters. The van der Waals surface area contributed by atoms with Crippen molar-refractivity contribution in [1.29, 1.82) is 0 Å². The van der Waals surface area contributed by atoms with Crippen molar-refractivity contribution in [2.24, 2.45) is 10.2 Å². The SMILES string of the molecule is Cc1ccc(N=Nc2cc(C(C)(C)C)ccc2O)c(C)c1. The van der Waals surface area contributed by atoms with Gasteiger partial charge in [-0.1, -0.05) is 44.5 Å². The summed E-state index contributed by atoms with van der Waals surface area (Å²) in [5, 5.41) is 18.4. The largest absolute Gasteiger partial charge is 0.506 e. The monoisotopic (exact) mass is 282 g/mol. The zero-order valence-corrected chi connectivity index (χ0v) is 13.3. The van der Waals surface area contributed by atoms with Gasteiger partial charge in [0.25, 0.3) is 0 Å². The second-order valence-corrected chi connectivity index (χ2v) is 6.44. The quantitative estimate of drug-likeness (QED) is 0.703. The van der Waals surface area contributed by atoms with Gasteiger partial charge >= 0.3 is 0 Å². The van der Waals surface area contributed by atoms with Gasteiger partial charge in [0.2, 0.25) is 0 Å². The van der Waals surface area contributed by atoms with Crippen molar-refractivity contribution >= 4 is 11.4 Å². The molecule has 1 N–H and O–H groups in total. The van der Waals surface area contributed by atoms with E-state index >= 15 is 0 Å². The van der Waals surface area contributed by atoms with Crippen molar-refractivity contribution < 1.29 is 5.11 Å². The number of hydrogen-bond acceptors (Lipinski definition) is 3. The van der Waals surface area contributed by atoms with Gasteiger partial charge in [-0.2, -0.15) is 5.11 Å². The summed E-state index contributed by atoms with van der Waals surface area (Å²) in [6, 6.07) is 11.5. The first kappa shape index (κ1) is 15.2. The summed E-state index contributed by atoms with van der Waals surface area (Å²) >= 11 is 0. The molecule has 0 spiro atoms. The number of benzene rings is 2. The van der Waals surface area contributed by atoms with Crippen LogP contribution >= 0.6 is 0 Å². The molecule has 21 heavy (non-hydrogen) atoms. The van der Waals surface area contributed by atoms with Crippen LogP contribution in [0, 0.1) is 13.8 Å². The topological polar surface area (TPSA) is 45.0 Å². The average Bonchev–Trinajstić information content (AvgIpc) is 2.38. The fraction of sp³-hybridized carbons (Fsp3) is 0.333. The zero-order chi connectivity index (χ0) is 15.6. The van der Waals surface area contributed by atoms with Gasteiger partial charge in [-0.3, -0.25) is 0 Å². The number of phenolic OH excluding ortho intramolecular Hbond substituents is 1. The van der Waals surface area contributed by atoms with Crippen LogP contribution < -0.4 is 0 Å². The first-order chi connectivity index (χ1) is 9.77. The van der Waals surface area contributed by atoms with E-state index in [1.54, 1.807) is 6.07 Å². The molecule has 2 rings (SSSR count). The summed E-state index contributed by atoms with van der Waals surface area (Å²) < 4.78 is 0. The lowest BCUT2D eigenvalue weighted by atomic mass is 9.87. The van der Waals surface area contributed by atoms with Gasteiger partial charge < -0.3 is 5.11 Å².